The van der Waals surface area contributed by atoms with Gasteiger partial charge in [-0.2, -0.15) is 0 Å². The summed E-state index contributed by atoms with van der Waals surface area (Å²) < 4.78 is 0. The summed E-state index contributed by atoms with van der Waals surface area (Å²) in [5.74, 6) is 0. The van der Waals surface area contributed by atoms with Gasteiger partial charge >= 0.3 is 0 Å². The molecule has 1 aliphatic heterocycles. The van der Waals surface area contributed by atoms with Gasteiger partial charge in [-0.05, 0) is 42.5 Å². The highest BCUT2D eigenvalue weighted by molar-refractivity contribution is 5.61. The molecule has 0 saturated carbocycles. The standard InChI is InChI=1S/C10H12N2/c1-7-10-3-2-9(11)6-8(10)4-5-12-7/h2-7,12H,11H2,1H3. The Kier molecular flexibility index (Phi) is 1.54. The van der Waals surface area contributed by atoms with Gasteiger partial charge in [-0.15, -0.1) is 0 Å². The molecule has 62 valence electrons. The van der Waals surface area contributed by atoms with Gasteiger partial charge in [0.05, 0.1) is 0 Å². The van der Waals surface area contributed by atoms with Crippen molar-refractivity contribution in [3.8, 4) is 0 Å². The van der Waals surface area contributed by atoms with Crippen LogP contribution in [0.15, 0.2) is 24.4 Å². The van der Waals surface area contributed by atoms with Gasteiger partial charge in [0.15, 0.2) is 0 Å². The van der Waals surface area contributed by atoms with Gasteiger partial charge in [0.1, 0.15) is 0 Å². The molecule has 1 aromatic carbocycles. The average Bonchev–Trinajstić information content (AvgIpc) is 2.04. The normalized spacial score (nSPS) is 19.9. The lowest BCUT2D eigenvalue weighted by Crippen LogP contribution is -2.16. The summed E-state index contributed by atoms with van der Waals surface area (Å²) >= 11 is 0. The first-order chi connectivity index (χ1) is 5.77. The number of hydrogen-bond donors (Lipinski definition) is 2. The summed E-state index contributed by atoms with van der Waals surface area (Å²) in [7, 11) is 0. The summed E-state index contributed by atoms with van der Waals surface area (Å²) in [6.45, 7) is 2.14. The fourth-order valence-electron chi connectivity index (χ4n) is 1.50. The maximum Gasteiger partial charge on any atom is 0.0486 e. The van der Waals surface area contributed by atoms with Crippen molar-refractivity contribution in [3.05, 3.63) is 35.5 Å². The topological polar surface area (TPSA) is 38.0 Å². The monoisotopic (exact) mass is 160 g/mol. The minimum absolute atomic E-state index is 0.394. The Hall–Kier alpha value is -1.44. The van der Waals surface area contributed by atoms with E-state index in [2.05, 4.69) is 18.3 Å². The molecule has 1 aromatic rings. The zero-order chi connectivity index (χ0) is 8.55. The number of nitrogens with one attached hydrogen (secondary N) is 1. The summed E-state index contributed by atoms with van der Waals surface area (Å²) in [6, 6.07) is 6.41. The first kappa shape index (κ1) is 7.22. The quantitative estimate of drug-likeness (QED) is 0.569. The molecule has 0 amide bonds. The van der Waals surface area contributed by atoms with E-state index in [9.17, 15) is 0 Å². The van der Waals surface area contributed by atoms with E-state index in [1.54, 1.807) is 0 Å². The fraction of sp³-hybridized carbons (Fsp3) is 0.200. The van der Waals surface area contributed by atoms with Crippen LogP contribution < -0.4 is 11.1 Å². The van der Waals surface area contributed by atoms with Gasteiger partial charge < -0.3 is 11.1 Å². The van der Waals surface area contributed by atoms with E-state index >= 15 is 0 Å². The second-order valence-corrected chi connectivity index (χ2v) is 3.11. The Labute approximate surface area is 72.1 Å². The summed E-state index contributed by atoms with van der Waals surface area (Å²) in [6.07, 6.45) is 4.01. The summed E-state index contributed by atoms with van der Waals surface area (Å²) in [4.78, 5) is 0. The molecule has 0 fully saturated rings. The number of hydrogen-bond acceptors (Lipinski definition) is 2. The van der Waals surface area contributed by atoms with Crippen molar-refractivity contribution < 1.29 is 0 Å². The third-order valence-electron chi connectivity index (χ3n) is 2.19. The predicted octanol–water partition coefficient (Wildman–Crippen LogP) is 1.90. The SMILES string of the molecule is CC1NC=Cc2cc(N)ccc21. The van der Waals surface area contributed by atoms with Crippen molar-refractivity contribution in [1.29, 1.82) is 0 Å². The summed E-state index contributed by atoms with van der Waals surface area (Å²) in [5.41, 5.74) is 9.03. The van der Waals surface area contributed by atoms with Gasteiger partial charge in [0.25, 0.3) is 0 Å². The van der Waals surface area contributed by atoms with E-state index in [1.165, 1.54) is 11.1 Å². The van der Waals surface area contributed by atoms with Crippen molar-refractivity contribution in [2.75, 3.05) is 5.73 Å². The van der Waals surface area contributed by atoms with Crippen molar-refractivity contribution in [3.63, 3.8) is 0 Å². The lowest BCUT2D eigenvalue weighted by Gasteiger charge is -2.19. The number of fused-ring (bicyclic) bond motifs is 1. The molecule has 0 spiro atoms. The van der Waals surface area contributed by atoms with Crippen LogP contribution in [0.2, 0.25) is 0 Å². The zero-order valence-electron chi connectivity index (χ0n) is 7.04. The van der Waals surface area contributed by atoms with E-state index in [0.29, 0.717) is 6.04 Å². The maximum absolute atomic E-state index is 5.67. The molecule has 0 radical (unpaired) electrons. The second-order valence-electron chi connectivity index (χ2n) is 3.11. The van der Waals surface area contributed by atoms with Crippen LogP contribution in [0.5, 0.6) is 0 Å². The minimum atomic E-state index is 0.394. The highest BCUT2D eigenvalue weighted by atomic mass is 14.9. The van der Waals surface area contributed by atoms with Crippen LogP contribution in [0.3, 0.4) is 0 Å². The van der Waals surface area contributed by atoms with Crippen LogP contribution in [0.1, 0.15) is 24.1 Å². The van der Waals surface area contributed by atoms with Crippen molar-refractivity contribution in [2.24, 2.45) is 0 Å². The Morgan fingerprint density at radius 1 is 1.42 bits per heavy atom. The maximum atomic E-state index is 5.67. The van der Waals surface area contributed by atoms with E-state index in [4.69, 9.17) is 5.73 Å². The van der Waals surface area contributed by atoms with Gasteiger partial charge in [-0.25, -0.2) is 0 Å². The molecule has 1 atom stereocenters. The Morgan fingerprint density at radius 2 is 2.25 bits per heavy atom. The van der Waals surface area contributed by atoms with Gasteiger partial charge in [-0.1, -0.05) is 6.07 Å². The van der Waals surface area contributed by atoms with E-state index in [0.717, 1.165) is 5.69 Å². The molecule has 1 aliphatic rings. The van der Waals surface area contributed by atoms with Crippen molar-refractivity contribution in [2.45, 2.75) is 13.0 Å². The average molecular weight is 160 g/mol. The Bertz CT molecular complexity index is 329. The second kappa shape index (κ2) is 2.55. The molecule has 1 heterocycles. The molecule has 0 bridgehead atoms. The van der Waals surface area contributed by atoms with Crippen LogP contribution >= 0.6 is 0 Å². The molecule has 12 heavy (non-hydrogen) atoms. The van der Waals surface area contributed by atoms with Gasteiger partial charge in [0.2, 0.25) is 0 Å². The smallest absolute Gasteiger partial charge is 0.0486 e. The largest absolute Gasteiger partial charge is 0.399 e. The molecule has 3 N–H and O–H groups in total. The molecule has 2 nitrogen and oxygen atoms in total. The molecule has 2 rings (SSSR count). The van der Waals surface area contributed by atoms with Crippen molar-refractivity contribution in [1.82, 2.24) is 5.32 Å². The molecular weight excluding hydrogens is 148 g/mol. The predicted molar refractivity (Wildman–Crippen MR) is 51.4 cm³/mol. The number of rotatable bonds is 0. The first-order valence-corrected chi connectivity index (χ1v) is 4.09. The zero-order valence-corrected chi connectivity index (χ0v) is 7.04. The minimum Gasteiger partial charge on any atom is -0.399 e. The number of anilines is 1. The Balaban J connectivity index is 2.55. The summed E-state index contributed by atoms with van der Waals surface area (Å²) in [5, 5.41) is 3.24. The van der Waals surface area contributed by atoms with Crippen LogP contribution in [-0.4, -0.2) is 0 Å². The highest BCUT2D eigenvalue weighted by Crippen LogP contribution is 2.24. The van der Waals surface area contributed by atoms with E-state index in [1.807, 2.05) is 24.4 Å². The van der Waals surface area contributed by atoms with Crippen LogP contribution in [0.25, 0.3) is 6.08 Å². The number of nitrogen functional groups attached to an aromatic ring is 1. The fourth-order valence-corrected chi connectivity index (χ4v) is 1.50. The molecule has 1 unspecified atom stereocenters. The van der Waals surface area contributed by atoms with Crippen LogP contribution in [0.4, 0.5) is 5.69 Å². The van der Waals surface area contributed by atoms with E-state index in [-0.39, 0.29) is 0 Å². The molecule has 0 saturated heterocycles. The highest BCUT2D eigenvalue weighted by Gasteiger charge is 2.10. The van der Waals surface area contributed by atoms with Crippen LogP contribution in [-0.2, 0) is 0 Å². The third kappa shape index (κ3) is 1.05. The Morgan fingerprint density at radius 3 is 3.08 bits per heavy atom. The molecule has 2 heteroatoms. The number of benzene rings is 1. The molecule has 0 aromatic heterocycles. The molecule has 0 aliphatic carbocycles. The van der Waals surface area contributed by atoms with E-state index < -0.39 is 0 Å². The van der Waals surface area contributed by atoms with Gasteiger partial charge in [-0.3, -0.25) is 0 Å². The lowest BCUT2D eigenvalue weighted by atomic mass is 9.98. The lowest BCUT2D eigenvalue weighted by molar-refractivity contribution is 0.679. The van der Waals surface area contributed by atoms with Crippen molar-refractivity contribution >= 4 is 11.8 Å². The first-order valence-electron chi connectivity index (χ1n) is 4.09. The molecular formula is C10H12N2. The van der Waals surface area contributed by atoms with Gasteiger partial charge in [0, 0.05) is 11.7 Å². The third-order valence-corrected chi connectivity index (χ3v) is 2.19. The van der Waals surface area contributed by atoms with Crippen LogP contribution in [0, 0.1) is 0 Å². The number of nitrogens with two attached hydrogens (primary N) is 1.